The van der Waals surface area contributed by atoms with Crippen LogP contribution >= 0.6 is 0 Å². The van der Waals surface area contributed by atoms with Gasteiger partial charge in [-0.2, -0.15) is 0 Å². The highest BCUT2D eigenvalue weighted by Gasteiger charge is 2.56. The molecular weight excluding hydrogens is 260 g/mol. The highest BCUT2D eigenvalue weighted by Crippen LogP contribution is 2.63. The molecule has 5 atom stereocenters. The van der Waals surface area contributed by atoms with E-state index < -0.39 is 0 Å². The number of carbonyl (C=O) groups excluding carboxylic acids is 1. The summed E-state index contributed by atoms with van der Waals surface area (Å²) >= 11 is 0. The van der Waals surface area contributed by atoms with Crippen LogP contribution in [0.15, 0.2) is 23.8 Å². The van der Waals surface area contributed by atoms with Crippen LogP contribution in [0.4, 0.5) is 0 Å². The van der Waals surface area contributed by atoms with Gasteiger partial charge in [0, 0.05) is 13.0 Å². The molecular formula is C19H26O2. The van der Waals surface area contributed by atoms with Gasteiger partial charge in [-0.05, 0) is 72.3 Å². The molecule has 4 aliphatic rings. The van der Waals surface area contributed by atoms with Crippen molar-refractivity contribution in [3.05, 3.63) is 23.8 Å². The molecule has 0 spiro atoms. The number of aliphatic hydroxyl groups is 1. The van der Waals surface area contributed by atoms with E-state index in [1.54, 1.807) is 0 Å². The highest BCUT2D eigenvalue weighted by molar-refractivity contribution is 5.92. The van der Waals surface area contributed by atoms with Gasteiger partial charge in [0.2, 0.25) is 0 Å². The third-order valence-corrected chi connectivity index (χ3v) is 7.36. The number of hydrogen-bond acceptors (Lipinski definition) is 2. The van der Waals surface area contributed by atoms with Crippen molar-refractivity contribution >= 4 is 5.78 Å². The highest BCUT2D eigenvalue weighted by atomic mass is 16.3. The Morgan fingerprint density at radius 1 is 1.24 bits per heavy atom. The first kappa shape index (κ1) is 13.8. The van der Waals surface area contributed by atoms with E-state index in [0.29, 0.717) is 36.6 Å². The number of aliphatic hydroxyl groups excluding tert-OH is 1. The van der Waals surface area contributed by atoms with Crippen LogP contribution in [0, 0.1) is 28.6 Å². The number of ketones is 1. The molecule has 0 bridgehead atoms. The van der Waals surface area contributed by atoms with E-state index in [-0.39, 0.29) is 10.8 Å². The number of rotatable bonds is 1. The number of hydrogen-bond donors (Lipinski definition) is 1. The van der Waals surface area contributed by atoms with Crippen molar-refractivity contribution in [3.63, 3.8) is 0 Å². The summed E-state index contributed by atoms with van der Waals surface area (Å²) in [5.74, 6) is 2.24. The normalized spacial score (nSPS) is 48.4. The predicted molar refractivity (Wildman–Crippen MR) is 82.6 cm³/mol. The average molecular weight is 286 g/mol. The second kappa shape index (κ2) is 4.55. The van der Waals surface area contributed by atoms with Crippen molar-refractivity contribution in [2.75, 3.05) is 6.61 Å². The van der Waals surface area contributed by atoms with Crippen molar-refractivity contribution in [2.45, 2.75) is 51.9 Å². The van der Waals surface area contributed by atoms with E-state index in [9.17, 15) is 9.90 Å². The summed E-state index contributed by atoms with van der Waals surface area (Å²) in [6.07, 6.45) is 14.4. The molecule has 1 N–H and O–H groups in total. The maximum Gasteiger partial charge on any atom is 0.156 e. The first-order chi connectivity index (χ1) is 10.1. The van der Waals surface area contributed by atoms with Crippen LogP contribution in [0.2, 0.25) is 0 Å². The summed E-state index contributed by atoms with van der Waals surface area (Å²) in [4.78, 5) is 11.8. The maximum absolute atomic E-state index is 11.8. The zero-order valence-corrected chi connectivity index (χ0v) is 13.0. The molecule has 114 valence electrons. The average Bonchev–Trinajstić information content (AvgIpc) is 2.92. The fourth-order valence-corrected chi connectivity index (χ4v) is 6.07. The maximum atomic E-state index is 11.8. The summed E-state index contributed by atoms with van der Waals surface area (Å²) in [5.41, 5.74) is 1.67. The van der Waals surface area contributed by atoms with Gasteiger partial charge >= 0.3 is 0 Å². The van der Waals surface area contributed by atoms with E-state index in [1.165, 1.54) is 37.7 Å². The Bertz CT molecular complexity index is 532. The lowest BCUT2D eigenvalue weighted by Crippen LogP contribution is -2.49. The van der Waals surface area contributed by atoms with Gasteiger partial charge in [0.25, 0.3) is 0 Å². The topological polar surface area (TPSA) is 37.3 Å². The SMILES string of the molecule is C[C@]12CCC(=O)C=C1C=C[C@H]1[C@@H]3CCC[C@@]3(CO)CC[C@@H]12. The van der Waals surface area contributed by atoms with Crippen LogP contribution in [0.1, 0.15) is 51.9 Å². The van der Waals surface area contributed by atoms with Gasteiger partial charge < -0.3 is 5.11 Å². The molecule has 0 aromatic heterocycles. The molecule has 2 saturated carbocycles. The summed E-state index contributed by atoms with van der Waals surface area (Å²) < 4.78 is 0. The van der Waals surface area contributed by atoms with Crippen LogP contribution in [0.3, 0.4) is 0 Å². The molecule has 21 heavy (non-hydrogen) atoms. The van der Waals surface area contributed by atoms with E-state index in [4.69, 9.17) is 0 Å². The molecule has 0 aromatic carbocycles. The van der Waals surface area contributed by atoms with Gasteiger partial charge in [0.15, 0.2) is 5.78 Å². The number of carbonyl (C=O) groups is 1. The van der Waals surface area contributed by atoms with Crippen molar-refractivity contribution in [1.82, 2.24) is 0 Å². The fraction of sp³-hybridized carbons (Fsp3) is 0.737. The largest absolute Gasteiger partial charge is 0.396 e. The molecule has 0 aromatic rings. The van der Waals surface area contributed by atoms with Gasteiger partial charge in [-0.25, -0.2) is 0 Å². The lowest BCUT2D eigenvalue weighted by Gasteiger charge is -2.55. The molecule has 2 fully saturated rings. The number of allylic oxidation sites excluding steroid dienone is 4. The van der Waals surface area contributed by atoms with Crippen molar-refractivity contribution < 1.29 is 9.90 Å². The van der Waals surface area contributed by atoms with E-state index >= 15 is 0 Å². The van der Waals surface area contributed by atoms with E-state index in [2.05, 4.69) is 19.1 Å². The Hall–Kier alpha value is -0.890. The van der Waals surface area contributed by atoms with Crippen LogP contribution in [-0.2, 0) is 4.79 Å². The molecule has 0 radical (unpaired) electrons. The van der Waals surface area contributed by atoms with Gasteiger partial charge in [-0.1, -0.05) is 25.5 Å². The zero-order valence-electron chi connectivity index (χ0n) is 13.0. The number of fused-ring (bicyclic) bond motifs is 5. The van der Waals surface area contributed by atoms with Crippen molar-refractivity contribution in [1.29, 1.82) is 0 Å². The Balaban J connectivity index is 1.74. The molecule has 0 saturated heterocycles. The van der Waals surface area contributed by atoms with Gasteiger partial charge in [0.1, 0.15) is 0 Å². The standard InChI is InChI=1S/C19H26O2/c1-18-9-6-14(21)11-13(18)4-5-15-16(18)7-10-19(12-20)8-2-3-17(15)19/h4-5,11,15-17,20H,2-3,6-10,12H2,1H3/t15-,16+,17+,18+,19+/m1/s1. The third kappa shape index (κ3) is 1.78. The predicted octanol–water partition coefficient (Wildman–Crippen LogP) is 3.66. The minimum atomic E-state index is 0.192. The van der Waals surface area contributed by atoms with Crippen molar-refractivity contribution in [2.24, 2.45) is 28.6 Å². The van der Waals surface area contributed by atoms with Gasteiger partial charge in [-0.3, -0.25) is 4.79 Å². The minimum Gasteiger partial charge on any atom is -0.396 e. The van der Waals surface area contributed by atoms with E-state index in [1.807, 2.05) is 6.08 Å². The molecule has 0 heterocycles. The van der Waals surface area contributed by atoms with Gasteiger partial charge in [-0.15, -0.1) is 0 Å². The lowest BCUT2D eigenvalue weighted by atomic mass is 9.49. The van der Waals surface area contributed by atoms with Crippen molar-refractivity contribution in [3.8, 4) is 0 Å². The van der Waals surface area contributed by atoms with E-state index in [0.717, 1.165) is 6.42 Å². The molecule has 4 aliphatic carbocycles. The molecule has 2 heteroatoms. The summed E-state index contributed by atoms with van der Waals surface area (Å²) in [7, 11) is 0. The second-order valence-corrected chi connectivity index (χ2v) is 8.08. The summed E-state index contributed by atoms with van der Waals surface area (Å²) in [6.45, 7) is 2.75. The Morgan fingerprint density at radius 2 is 2.10 bits per heavy atom. The molecule has 2 nitrogen and oxygen atoms in total. The lowest BCUT2D eigenvalue weighted by molar-refractivity contribution is -0.116. The first-order valence-electron chi connectivity index (χ1n) is 8.63. The molecule has 0 aliphatic heterocycles. The molecule has 4 rings (SSSR count). The van der Waals surface area contributed by atoms with Gasteiger partial charge in [0.05, 0.1) is 0 Å². The third-order valence-electron chi connectivity index (χ3n) is 7.36. The quantitative estimate of drug-likeness (QED) is 0.799. The van der Waals surface area contributed by atoms with Crippen LogP contribution in [-0.4, -0.2) is 17.5 Å². The molecule has 0 unspecified atom stereocenters. The Morgan fingerprint density at radius 3 is 2.90 bits per heavy atom. The Labute approximate surface area is 127 Å². The first-order valence-corrected chi connectivity index (χ1v) is 8.63. The Kier molecular flexibility index (Phi) is 2.98. The van der Waals surface area contributed by atoms with Crippen LogP contribution < -0.4 is 0 Å². The summed E-state index contributed by atoms with van der Waals surface area (Å²) in [5, 5.41) is 9.99. The summed E-state index contributed by atoms with van der Waals surface area (Å²) in [6, 6.07) is 0. The molecule has 0 amide bonds. The smallest absolute Gasteiger partial charge is 0.156 e. The van der Waals surface area contributed by atoms with Crippen LogP contribution in [0.5, 0.6) is 0 Å². The minimum absolute atomic E-state index is 0.192. The van der Waals surface area contributed by atoms with Crippen LogP contribution in [0.25, 0.3) is 0 Å². The zero-order chi connectivity index (χ0) is 14.7. The second-order valence-electron chi connectivity index (χ2n) is 8.08. The monoisotopic (exact) mass is 286 g/mol. The fourth-order valence-electron chi connectivity index (χ4n) is 6.07.